The Labute approximate surface area is 126 Å². The first-order valence-corrected chi connectivity index (χ1v) is 3.05. The third-order valence-corrected chi connectivity index (χ3v) is 1.61. The number of alkyl halides is 9. The second kappa shape index (κ2) is 5.05. The van der Waals surface area contributed by atoms with E-state index in [1.807, 2.05) is 0 Å². The van der Waals surface area contributed by atoms with Crippen molar-refractivity contribution in [3.8, 4) is 0 Å². The molecule has 0 heterocycles. The van der Waals surface area contributed by atoms with Crippen molar-refractivity contribution in [1.29, 1.82) is 0 Å². The van der Waals surface area contributed by atoms with Gasteiger partial charge in [0.25, 0.3) is 0 Å². The summed E-state index contributed by atoms with van der Waals surface area (Å²) in [5.74, 6) is 0. The zero-order valence-corrected chi connectivity index (χ0v) is 10.5. The first-order chi connectivity index (χ1) is 6.31. The zero-order valence-electron chi connectivity index (χ0n) is 7.43. The van der Waals surface area contributed by atoms with Crippen LogP contribution in [0.5, 0.6) is 0 Å². The molecule has 0 radical (unpaired) electrons. The molecule has 0 atom stereocenters. The maximum atomic E-state index is 11.7. The predicted molar refractivity (Wildman–Crippen MR) is 30.5 cm³/mol. The van der Waals surface area contributed by atoms with Crippen molar-refractivity contribution in [2.24, 2.45) is 0 Å². The second-order valence-corrected chi connectivity index (χ2v) is 2.57. The van der Waals surface area contributed by atoms with Gasteiger partial charge >= 0.3 is 75.9 Å². The zero-order chi connectivity index (χ0) is 12.7. The van der Waals surface area contributed by atoms with Crippen LogP contribution in [0.4, 0.5) is 39.5 Å². The number of halogens is 9. The molecule has 0 N–H and O–H groups in total. The van der Waals surface area contributed by atoms with E-state index < -0.39 is 24.5 Å². The van der Waals surface area contributed by atoms with E-state index in [0.717, 1.165) is 4.76 Å². The van der Waals surface area contributed by atoms with E-state index in [-0.39, 0.29) is 51.4 Å². The Balaban J connectivity index is 0. The average Bonchev–Trinajstić information content (AvgIpc) is 1.76. The summed E-state index contributed by atoms with van der Waals surface area (Å²) in [4.78, 5) is 0. The summed E-state index contributed by atoms with van der Waals surface area (Å²) in [5, 5.41) is 0. The molecule has 0 aliphatic rings. The van der Waals surface area contributed by atoms with Crippen molar-refractivity contribution in [2.75, 3.05) is 0 Å². The van der Waals surface area contributed by atoms with E-state index in [4.69, 9.17) is 6.57 Å². The Morgan fingerprint density at radius 1 is 0.688 bits per heavy atom. The van der Waals surface area contributed by atoms with E-state index in [9.17, 15) is 39.5 Å². The molecule has 16 heavy (non-hydrogen) atoms. The minimum atomic E-state index is -7.13. The predicted octanol–water partition coefficient (Wildman–Crippen LogP) is 0.160. The molecule has 0 aliphatic heterocycles. The minimum absolute atomic E-state index is 0. The van der Waals surface area contributed by atoms with Crippen LogP contribution in [0.2, 0.25) is 0 Å². The molecule has 0 aromatic heterocycles. The number of rotatable bonds is 0. The number of nitrogens with zero attached hydrogens (tertiary/aromatic N) is 1. The van der Waals surface area contributed by atoms with Gasteiger partial charge in [0.1, 0.15) is 0 Å². The van der Waals surface area contributed by atoms with E-state index >= 15 is 0 Å². The summed E-state index contributed by atoms with van der Waals surface area (Å²) in [6, 6.07) is 0. The van der Waals surface area contributed by atoms with Crippen LogP contribution in [0.1, 0.15) is 0 Å². The van der Waals surface area contributed by atoms with Crippen LogP contribution in [-0.2, 0) is 0 Å². The van der Waals surface area contributed by atoms with Gasteiger partial charge in [0, 0.05) is 0 Å². The van der Waals surface area contributed by atoms with E-state index in [1.54, 1.807) is 0 Å². The molecule has 0 saturated heterocycles. The first-order valence-electron chi connectivity index (χ1n) is 3.05. The summed E-state index contributed by atoms with van der Waals surface area (Å²) in [6.45, 7) is 5.57. The van der Waals surface area contributed by atoms with Gasteiger partial charge in [-0.3, -0.25) is 0 Å². The van der Waals surface area contributed by atoms with Gasteiger partial charge in [0.2, 0.25) is 0 Å². The maximum Gasteiger partial charge on any atom is 1.00 e. The molecule has 0 aromatic carbocycles. The number of hydrogen-bond acceptors (Lipinski definition) is 0. The molecule has 0 bridgehead atoms. The van der Waals surface area contributed by atoms with Crippen LogP contribution in [0.3, 0.4) is 0 Å². The minimum Gasteiger partial charge on any atom is -0.553 e. The Bertz CT molecular complexity index is 246. The Morgan fingerprint density at radius 2 is 0.875 bits per heavy atom. The summed E-state index contributed by atoms with van der Waals surface area (Å²) in [6.07, 6.45) is -27.3. The molecule has 0 amide bonds. The topological polar surface area (TPSA) is 4.36 Å². The van der Waals surface area contributed by atoms with Crippen molar-refractivity contribution >= 4 is 6.28 Å². The second-order valence-electron chi connectivity index (χ2n) is 2.57. The molecule has 0 aromatic rings. The van der Waals surface area contributed by atoms with Crippen molar-refractivity contribution in [3.05, 3.63) is 11.3 Å². The van der Waals surface area contributed by atoms with E-state index in [0.29, 0.717) is 0 Å². The van der Waals surface area contributed by atoms with Crippen molar-refractivity contribution in [2.45, 2.75) is 18.2 Å². The van der Waals surface area contributed by atoms with Gasteiger partial charge in [-0.05, 0) is 0 Å². The standard InChI is InChI=1S/C4BF9N.K/c1-15-5(2(6,7)8,3(9,10)11)4(12,13)14;/q-1;+1. The van der Waals surface area contributed by atoms with Crippen LogP contribution < -0.4 is 51.4 Å². The molecule has 88 valence electrons. The van der Waals surface area contributed by atoms with Crippen molar-refractivity contribution in [3.63, 3.8) is 0 Å². The van der Waals surface area contributed by atoms with Crippen LogP contribution in [0.15, 0.2) is 0 Å². The first kappa shape index (κ1) is 18.9. The molecular formula is C4BF9KN. The number of hydrogen-bond donors (Lipinski definition) is 0. The largest absolute Gasteiger partial charge is 1.00 e. The molecule has 0 rings (SSSR count). The Morgan fingerprint density at radius 3 is 0.875 bits per heavy atom. The third kappa shape index (κ3) is 2.87. The van der Waals surface area contributed by atoms with Crippen LogP contribution in [0.25, 0.3) is 4.76 Å². The van der Waals surface area contributed by atoms with Gasteiger partial charge in [-0.2, -0.15) is 0 Å². The molecule has 12 heteroatoms. The van der Waals surface area contributed by atoms with Gasteiger partial charge < -0.3 is 11.3 Å². The molecule has 0 aliphatic carbocycles. The fourth-order valence-corrected chi connectivity index (χ4v) is 0.776. The van der Waals surface area contributed by atoms with E-state index in [1.165, 1.54) is 0 Å². The van der Waals surface area contributed by atoms with Crippen LogP contribution >= 0.6 is 0 Å². The molecular weight excluding hydrogens is 283 g/mol. The Kier molecular flexibility index (Phi) is 5.97. The summed E-state index contributed by atoms with van der Waals surface area (Å²) >= 11 is 0. The van der Waals surface area contributed by atoms with Gasteiger partial charge in [0.15, 0.2) is 0 Å². The SMILES string of the molecule is [C-]#[N+][B-](C(F)(F)F)(C(F)(F)F)C(F)(F)F.[K+]. The van der Waals surface area contributed by atoms with Crippen molar-refractivity contribution in [1.82, 2.24) is 0 Å². The smallest absolute Gasteiger partial charge is 0.553 e. The fourth-order valence-electron chi connectivity index (χ4n) is 0.776. The fraction of sp³-hybridized carbons (Fsp3) is 0.750. The maximum absolute atomic E-state index is 11.7. The average molecular weight is 283 g/mol. The third-order valence-electron chi connectivity index (χ3n) is 1.61. The summed E-state index contributed by atoms with van der Waals surface area (Å²) in [5.41, 5.74) is 0. The molecule has 1 nitrogen and oxygen atoms in total. The molecule has 0 unspecified atom stereocenters. The van der Waals surface area contributed by atoms with Crippen molar-refractivity contribution < 1.29 is 90.9 Å². The monoisotopic (exact) mass is 283 g/mol. The summed E-state index contributed by atoms with van der Waals surface area (Å²) < 4.78 is 106. The quantitative estimate of drug-likeness (QED) is 0.339. The normalized spacial score (nSPS) is 14.0. The Hall–Kier alpha value is 0.561. The van der Waals surface area contributed by atoms with Gasteiger partial charge in [-0.25, -0.2) is 39.5 Å². The van der Waals surface area contributed by atoms with Gasteiger partial charge in [0.05, 0.1) is 0 Å². The van der Waals surface area contributed by atoms with Gasteiger partial charge in [-0.1, -0.05) is 0 Å². The van der Waals surface area contributed by atoms with Gasteiger partial charge in [-0.15, -0.1) is 0 Å². The molecule has 0 fully saturated rings. The summed E-state index contributed by atoms with van der Waals surface area (Å²) in [7, 11) is 0. The van der Waals surface area contributed by atoms with E-state index in [2.05, 4.69) is 0 Å². The molecule has 0 spiro atoms. The van der Waals surface area contributed by atoms with Crippen LogP contribution in [0, 0.1) is 6.57 Å². The molecule has 0 saturated carbocycles. The van der Waals surface area contributed by atoms with Crippen LogP contribution in [-0.4, -0.2) is 24.5 Å².